The van der Waals surface area contributed by atoms with Crippen molar-refractivity contribution in [1.29, 1.82) is 0 Å². The highest BCUT2D eigenvalue weighted by atomic mass is 16.5. The molecule has 7 nitrogen and oxygen atoms in total. The van der Waals surface area contributed by atoms with Gasteiger partial charge < -0.3 is 24.2 Å². The second kappa shape index (κ2) is 9.33. The monoisotopic (exact) mass is 449 g/mol. The van der Waals surface area contributed by atoms with E-state index in [2.05, 4.69) is 0 Å². The molecular weight excluding hydrogens is 418 g/mol. The summed E-state index contributed by atoms with van der Waals surface area (Å²) in [6.07, 6.45) is 4.50. The maximum Gasteiger partial charge on any atom is 0.265 e. The first-order valence-corrected chi connectivity index (χ1v) is 11.9. The predicted octanol–water partition coefficient (Wildman–Crippen LogP) is 3.25. The van der Waals surface area contributed by atoms with Crippen molar-refractivity contribution in [3.8, 4) is 11.5 Å². The summed E-state index contributed by atoms with van der Waals surface area (Å²) in [5, 5.41) is 0. The van der Waals surface area contributed by atoms with Crippen LogP contribution in [0.4, 0.5) is 11.4 Å². The number of amides is 2. The number of likely N-dealkylation sites (tertiary alicyclic amines) is 1. The number of carbonyl (C=O) groups excluding carboxylic acids is 2. The molecule has 2 aromatic rings. The van der Waals surface area contributed by atoms with Gasteiger partial charge in [0.15, 0.2) is 6.10 Å². The van der Waals surface area contributed by atoms with E-state index >= 15 is 0 Å². The van der Waals surface area contributed by atoms with E-state index in [0.717, 1.165) is 61.5 Å². The fourth-order valence-electron chi connectivity index (χ4n) is 5.11. The fraction of sp³-hybridized carbons (Fsp3) is 0.462. The molecular formula is C26H31N3O4. The molecule has 1 fully saturated rings. The van der Waals surface area contributed by atoms with E-state index in [-0.39, 0.29) is 18.4 Å². The third kappa shape index (κ3) is 4.36. The van der Waals surface area contributed by atoms with Gasteiger partial charge in [0.05, 0.1) is 25.9 Å². The molecule has 0 spiro atoms. The normalized spacial score (nSPS) is 19.9. The van der Waals surface area contributed by atoms with E-state index in [1.807, 2.05) is 57.2 Å². The number of nitrogens with zero attached hydrogens (tertiary/aromatic N) is 3. The van der Waals surface area contributed by atoms with Gasteiger partial charge in [0.1, 0.15) is 11.5 Å². The van der Waals surface area contributed by atoms with Crippen LogP contribution in [0.3, 0.4) is 0 Å². The SMILES string of the molecule is COc1ccc2c(c1)CCCN2C(=O)CN1C[C@@H](C(=O)N2CCCCC2)Oc2ccccc21. The van der Waals surface area contributed by atoms with Crippen LogP contribution in [0.2, 0.25) is 0 Å². The van der Waals surface area contributed by atoms with Crippen molar-refractivity contribution < 1.29 is 19.1 Å². The van der Waals surface area contributed by atoms with E-state index in [1.165, 1.54) is 6.42 Å². The molecule has 0 aromatic heterocycles. The van der Waals surface area contributed by atoms with Crippen LogP contribution in [0.15, 0.2) is 42.5 Å². The Morgan fingerprint density at radius 1 is 1.00 bits per heavy atom. The number of benzene rings is 2. The first-order valence-electron chi connectivity index (χ1n) is 11.9. The predicted molar refractivity (Wildman–Crippen MR) is 127 cm³/mol. The summed E-state index contributed by atoms with van der Waals surface area (Å²) in [5.41, 5.74) is 2.95. The Hall–Kier alpha value is -3.22. The fourth-order valence-corrected chi connectivity index (χ4v) is 5.11. The van der Waals surface area contributed by atoms with E-state index < -0.39 is 6.10 Å². The zero-order chi connectivity index (χ0) is 22.8. The Morgan fingerprint density at radius 3 is 2.64 bits per heavy atom. The van der Waals surface area contributed by atoms with Crippen molar-refractivity contribution in [1.82, 2.24) is 4.90 Å². The number of carbonyl (C=O) groups is 2. The molecule has 2 amide bonds. The summed E-state index contributed by atoms with van der Waals surface area (Å²) in [6, 6.07) is 13.6. The number of methoxy groups -OCH3 is 1. The molecule has 174 valence electrons. The molecule has 2 aromatic carbocycles. The molecule has 1 atom stereocenters. The number of rotatable bonds is 4. The van der Waals surface area contributed by atoms with Crippen LogP contribution >= 0.6 is 0 Å². The summed E-state index contributed by atoms with van der Waals surface area (Å²) in [5.74, 6) is 1.53. The Kier molecular flexibility index (Phi) is 6.11. The van der Waals surface area contributed by atoms with Crippen LogP contribution in [0.25, 0.3) is 0 Å². The average Bonchev–Trinajstić information content (AvgIpc) is 2.87. The van der Waals surface area contributed by atoms with Gasteiger partial charge in [-0.05, 0) is 68.0 Å². The van der Waals surface area contributed by atoms with Crippen LogP contribution in [0.1, 0.15) is 31.2 Å². The molecule has 1 saturated heterocycles. The summed E-state index contributed by atoms with van der Waals surface area (Å²) in [4.78, 5) is 32.5. The first kappa shape index (κ1) is 21.6. The van der Waals surface area contributed by atoms with Crippen LogP contribution in [-0.2, 0) is 16.0 Å². The third-order valence-corrected chi connectivity index (χ3v) is 6.84. The minimum absolute atomic E-state index is 0.0251. The van der Waals surface area contributed by atoms with Crippen molar-refractivity contribution in [2.45, 2.75) is 38.2 Å². The highest BCUT2D eigenvalue weighted by Gasteiger charge is 2.35. The topological polar surface area (TPSA) is 62.3 Å². The lowest BCUT2D eigenvalue weighted by molar-refractivity contribution is -0.139. The van der Waals surface area contributed by atoms with E-state index in [1.54, 1.807) is 7.11 Å². The largest absolute Gasteiger partial charge is 0.497 e. The van der Waals surface area contributed by atoms with Crippen LogP contribution in [-0.4, -0.2) is 62.7 Å². The molecule has 0 unspecified atom stereocenters. The van der Waals surface area contributed by atoms with Crippen molar-refractivity contribution in [3.63, 3.8) is 0 Å². The highest BCUT2D eigenvalue weighted by Crippen LogP contribution is 2.35. The zero-order valence-electron chi connectivity index (χ0n) is 19.2. The minimum Gasteiger partial charge on any atom is -0.497 e. The van der Waals surface area contributed by atoms with Crippen molar-refractivity contribution in [2.75, 3.05) is 49.6 Å². The second-order valence-electron chi connectivity index (χ2n) is 8.98. The molecule has 5 rings (SSSR count). The number of hydrogen-bond donors (Lipinski definition) is 0. The van der Waals surface area contributed by atoms with Gasteiger partial charge in [0.25, 0.3) is 5.91 Å². The lowest BCUT2D eigenvalue weighted by Crippen LogP contribution is -2.53. The number of hydrogen-bond acceptors (Lipinski definition) is 5. The van der Waals surface area contributed by atoms with E-state index in [0.29, 0.717) is 18.8 Å². The lowest BCUT2D eigenvalue weighted by Gasteiger charge is -2.39. The molecule has 0 aliphatic carbocycles. The van der Waals surface area contributed by atoms with Gasteiger partial charge in [-0.3, -0.25) is 9.59 Å². The molecule has 33 heavy (non-hydrogen) atoms. The summed E-state index contributed by atoms with van der Waals surface area (Å²) >= 11 is 0. The summed E-state index contributed by atoms with van der Waals surface area (Å²) in [7, 11) is 1.66. The van der Waals surface area contributed by atoms with Crippen LogP contribution in [0, 0.1) is 0 Å². The number of ether oxygens (including phenoxy) is 2. The molecule has 0 radical (unpaired) electrons. The number of aryl methyl sites for hydroxylation is 1. The van der Waals surface area contributed by atoms with Gasteiger partial charge >= 0.3 is 0 Å². The van der Waals surface area contributed by atoms with Gasteiger partial charge in [-0.1, -0.05) is 12.1 Å². The molecule has 3 aliphatic rings. The lowest BCUT2D eigenvalue weighted by atomic mass is 10.0. The van der Waals surface area contributed by atoms with Gasteiger partial charge in [-0.2, -0.15) is 0 Å². The summed E-state index contributed by atoms with van der Waals surface area (Å²) < 4.78 is 11.5. The van der Waals surface area contributed by atoms with Crippen molar-refractivity contribution in [3.05, 3.63) is 48.0 Å². The minimum atomic E-state index is -0.594. The van der Waals surface area contributed by atoms with Crippen LogP contribution in [0.5, 0.6) is 11.5 Å². The molecule has 7 heteroatoms. The van der Waals surface area contributed by atoms with E-state index in [4.69, 9.17) is 9.47 Å². The van der Waals surface area contributed by atoms with Gasteiger partial charge in [0.2, 0.25) is 5.91 Å². The van der Waals surface area contributed by atoms with Gasteiger partial charge in [0, 0.05) is 25.3 Å². The molecule has 3 aliphatic heterocycles. The van der Waals surface area contributed by atoms with Gasteiger partial charge in [-0.25, -0.2) is 0 Å². The Bertz CT molecular complexity index is 1030. The second-order valence-corrected chi connectivity index (χ2v) is 8.98. The zero-order valence-corrected chi connectivity index (χ0v) is 19.2. The van der Waals surface area contributed by atoms with Crippen molar-refractivity contribution >= 4 is 23.2 Å². The van der Waals surface area contributed by atoms with E-state index in [9.17, 15) is 9.59 Å². The maximum atomic E-state index is 13.5. The average molecular weight is 450 g/mol. The Labute approximate surface area is 194 Å². The van der Waals surface area contributed by atoms with Crippen LogP contribution < -0.4 is 19.3 Å². The quantitative estimate of drug-likeness (QED) is 0.717. The van der Waals surface area contributed by atoms with Gasteiger partial charge in [-0.15, -0.1) is 0 Å². The molecule has 0 saturated carbocycles. The molecule has 0 bridgehead atoms. The smallest absolute Gasteiger partial charge is 0.265 e. The highest BCUT2D eigenvalue weighted by molar-refractivity contribution is 5.98. The third-order valence-electron chi connectivity index (χ3n) is 6.84. The number of para-hydroxylation sites is 2. The molecule has 3 heterocycles. The Morgan fingerprint density at radius 2 is 1.82 bits per heavy atom. The standard InChI is InChI=1S/C26H31N3O4/c1-32-20-11-12-21-19(16-20)8-7-15-29(21)25(30)18-28-17-24(26(31)27-13-5-2-6-14-27)33-23-10-4-3-9-22(23)28/h3-4,9-12,16,24H,2,5-8,13-15,17-18H2,1H3/t24-/m0/s1. The summed E-state index contributed by atoms with van der Waals surface area (Å²) in [6.45, 7) is 2.85. The van der Waals surface area contributed by atoms with Crippen molar-refractivity contribution in [2.24, 2.45) is 0 Å². The first-order chi connectivity index (χ1) is 16.1. The maximum absolute atomic E-state index is 13.5. The number of fused-ring (bicyclic) bond motifs is 2. The number of anilines is 2. The molecule has 0 N–H and O–H groups in total. The Balaban J connectivity index is 1.36. The number of piperidine rings is 1.